The van der Waals surface area contributed by atoms with Gasteiger partial charge < -0.3 is 0 Å². The number of hydrogen-bond acceptors (Lipinski definition) is 3. The molecule has 8 aromatic carbocycles. The van der Waals surface area contributed by atoms with E-state index >= 15 is 0 Å². The summed E-state index contributed by atoms with van der Waals surface area (Å²) >= 11 is 1.86. The van der Waals surface area contributed by atoms with Gasteiger partial charge in [-0.15, -0.1) is 10.2 Å². The van der Waals surface area contributed by atoms with Crippen LogP contribution in [0.25, 0.3) is 61.1 Å². The molecule has 2 aliphatic carbocycles. The summed E-state index contributed by atoms with van der Waals surface area (Å²) in [4.78, 5) is 2.58. The zero-order valence-corrected chi connectivity index (χ0v) is 31.6. The SMILES string of the molecule is C=C=C(/N=N\C(=C(/C)c1ccccc1)c1ccc2c(c1)-c1cccc3cccc-2c13)c1ccc2c(c1)-c1ccccc1C21c2ccccc2Sc2ccccc21. The van der Waals surface area contributed by atoms with Crippen molar-refractivity contribution in [2.45, 2.75) is 22.1 Å². The molecule has 11 rings (SSSR count). The quantitative estimate of drug-likeness (QED) is 0.0983. The second kappa shape index (κ2) is 12.6. The van der Waals surface area contributed by atoms with E-state index in [9.17, 15) is 0 Å². The van der Waals surface area contributed by atoms with Crippen LogP contribution in [0.3, 0.4) is 0 Å². The van der Waals surface area contributed by atoms with Gasteiger partial charge >= 0.3 is 0 Å². The van der Waals surface area contributed by atoms with Crippen LogP contribution >= 0.6 is 11.8 Å². The van der Waals surface area contributed by atoms with Gasteiger partial charge in [0, 0.05) is 20.9 Å². The number of azo groups is 1. The molecule has 0 radical (unpaired) electrons. The molecular formula is C53H34N2S. The van der Waals surface area contributed by atoms with E-state index in [1.807, 2.05) is 17.8 Å². The first-order valence-electron chi connectivity index (χ1n) is 19.0. The third-order valence-electron chi connectivity index (χ3n) is 11.9. The highest BCUT2D eigenvalue weighted by Crippen LogP contribution is 2.62. The Morgan fingerprint density at radius 1 is 0.482 bits per heavy atom. The molecular weight excluding hydrogens is 697 g/mol. The molecule has 0 atom stereocenters. The van der Waals surface area contributed by atoms with E-state index in [4.69, 9.17) is 10.2 Å². The second-order valence-corrected chi connectivity index (χ2v) is 15.8. The zero-order valence-electron chi connectivity index (χ0n) is 30.8. The standard InChI is InChI=1S/C53H34N2S/c1-3-48(36-28-30-45-43(31-36)39-19-7-8-22-44(39)53(45)46-23-9-11-25-49(46)56-50-26-12-10-24-47(50)53)54-55-52(33(2)34-15-5-4-6-16-34)37-27-29-38-40-20-13-17-35-18-14-21-41(51(35)40)42(38)32-37/h4-32H,1H2,2H3/b52-33+,55-54-. The van der Waals surface area contributed by atoms with Crippen LogP contribution in [0.15, 0.2) is 208 Å². The molecule has 8 aromatic rings. The van der Waals surface area contributed by atoms with Crippen molar-refractivity contribution in [1.82, 2.24) is 0 Å². The van der Waals surface area contributed by atoms with Crippen molar-refractivity contribution < 1.29 is 0 Å². The second-order valence-electron chi connectivity index (χ2n) is 14.7. The Balaban J connectivity index is 1.05. The van der Waals surface area contributed by atoms with Crippen molar-refractivity contribution in [1.29, 1.82) is 0 Å². The summed E-state index contributed by atoms with van der Waals surface area (Å²) in [7, 11) is 0. The van der Waals surface area contributed by atoms with Crippen LogP contribution in [0.4, 0.5) is 0 Å². The fourth-order valence-corrected chi connectivity index (χ4v) is 10.6. The van der Waals surface area contributed by atoms with Crippen LogP contribution in [0.1, 0.15) is 45.9 Å². The summed E-state index contributed by atoms with van der Waals surface area (Å²) in [6.45, 7) is 6.26. The summed E-state index contributed by atoms with van der Waals surface area (Å²) in [5, 5.41) is 12.6. The summed E-state index contributed by atoms with van der Waals surface area (Å²) in [6, 6.07) is 63.7. The summed E-state index contributed by atoms with van der Waals surface area (Å²) in [5.41, 5.74) is 20.9. The monoisotopic (exact) mass is 730 g/mol. The molecule has 0 saturated heterocycles. The van der Waals surface area contributed by atoms with Crippen LogP contribution in [0.2, 0.25) is 0 Å². The Morgan fingerprint density at radius 3 is 1.80 bits per heavy atom. The molecule has 0 aromatic heterocycles. The van der Waals surface area contributed by atoms with Gasteiger partial charge in [-0.3, -0.25) is 0 Å². The van der Waals surface area contributed by atoms with Crippen molar-refractivity contribution in [2.24, 2.45) is 10.2 Å². The van der Waals surface area contributed by atoms with Crippen LogP contribution in [-0.4, -0.2) is 0 Å². The van der Waals surface area contributed by atoms with Gasteiger partial charge in [-0.25, -0.2) is 0 Å². The maximum absolute atomic E-state index is 5.08. The fraction of sp³-hybridized carbons (Fsp3) is 0.0377. The van der Waals surface area contributed by atoms with E-state index < -0.39 is 5.41 Å². The minimum Gasteiger partial charge on any atom is -0.149 e. The van der Waals surface area contributed by atoms with E-state index in [2.05, 4.69) is 189 Å². The molecule has 0 N–H and O–H groups in total. The van der Waals surface area contributed by atoms with Gasteiger partial charge in [0.05, 0.1) is 11.1 Å². The third-order valence-corrected chi connectivity index (χ3v) is 13.0. The van der Waals surface area contributed by atoms with Gasteiger partial charge in [-0.05, 0) is 109 Å². The number of nitrogens with zero attached hydrogens (tertiary/aromatic N) is 2. The van der Waals surface area contributed by atoms with Gasteiger partial charge in [0.2, 0.25) is 0 Å². The number of allylic oxidation sites excluding steroid dienone is 1. The molecule has 1 aliphatic heterocycles. The first-order chi connectivity index (χ1) is 27.6. The lowest BCUT2D eigenvalue weighted by Crippen LogP contribution is -2.31. The van der Waals surface area contributed by atoms with E-state index in [1.54, 1.807) is 0 Å². The molecule has 56 heavy (non-hydrogen) atoms. The van der Waals surface area contributed by atoms with Crippen LogP contribution in [-0.2, 0) is 5.41 Å². The van der Waals surface area contributed by atoms with Gasteiger partial charge in [0.15, 0.2) is 0 Å². The number of rotatable bonds is 5. The first kappa shape index (κ1) is 32.6. The normalized spacial score (nSPS) is 14.1. The van der Waals surface area contributed by atoms with Crippen molar-refractivity contribution in [3.63, 3.8) is 0 Å². The minimum absolute atomic E-state index is 0.428. The van der Waals surface area contributed by atoms with E-state index in [0.29, 0.717) is 5.70 Å². The van der Waals surface area contributed by atoms with Crippen molar-refractivity contribution in [3.05, 3.63) is 227 Å². The Morgan fingerprint density at radius 2 is 1.07 bits per heavy atom. The molecule has 0 saturated carbocycles. The minimum atomic E-state index is -0.428. The van der Waals surface area contributed by atoms with Crippen LogP contribution < -0.4 is 0 Å². The molecule has 262 valence electrons. The fourth-order valence-electron chi connectivity index (χ4n) is 9.41. The van der Waals surface area contributed by atoms with Gasteiger partial charge in [0.1, 0.15) is 5.70 Å². The zero-order chi connectivity index (χ0) is 37.4. The van der Waals surface area contributed by atoms with Crippen LogP contribution in [0, 0.1) is 0 Å². The van der Waals surface area contributed by atoms with E-state index in [0.717, 1.165) is 28.0 Å². The predicted molar refractivity (Wildman–Crippen MR) is 233 cm³/mol. The molecule has 0 unspecified atom stereocenters. The molecule has 1 spiro atoms. The molecule has 3 heteroatoms. The highest BCUT2D eigenvalue weighted by molar-refractivity contribution is 7.99. The Bertz CT molecular complexity index is 3020. The maximum atomic E-state index is 5.08. The van der Waals surface area contributed by atoms with Crippen LogP contribution in [0.5, 0.6) is 0 Å². The van der Waals surface area contributed by atoms with Gasteiger partial charge in [-0.2, -0.15) is 0 Å². The summed E-state index contributed by atoms with van der Waals surface area (Å²) < 4.78 is 0. The first-order valence-corrected chi connectivity index (χ1v) is 19.8. The van der Waals surface area contributed by atoms with E-state index in [-0.39, 0.29) is 0 Å². The Kier molecular flexibility index (Phi) is 7.37. The van der Waals surface area contributed by atoms with Crippen molar-refractivity contribution in [2.75, 3.05) is 0 Å². The maximum Gasteiger partial charge on any atom is 0.134 e. The molecule has 3 aliphatic rings. The Hall–Kier alpha value is -6.77. The molecule has 1 heterocycles. The smallest absolute Gasteiger partial charge is 0.134 e. The molecule has 0 amide bonds. The predicted octanol–water partition coefficient (Wildman–Crippen LogP) is 14.5. The highest BCUT2D eigenvalue weighted by atomic mass is 32.2. The Labute approximate surface area is 330 Å². The molecule has 0 fully saturated rings. The third kappa shape index (κ3) is 4.66. The molecule has 2 nitrogen and oxygen atoms in total. The highest BCUT2D eigenvalue weighted by Gasteiger charge is 2.50. The topological polar surface area (TPSA) is 24.7 Å². The lowest BCUT2D eigenvalue weighted by molar-refractivity contribution is 0.722. The average molecular weight is 731 g/mol. The largest absolute Gasteiger partial charge is 0.149 e. The lowest BCUT2D eigenvalue weighted by Gasteiger charge is -2.39. The summed E-state index contributed by atoms with van der Waals surface area (Å²) in [5.74, 6) is 0. The number of benzene rings is 8. The molecule has 0 bridgehead atoms. The average Bonchev–Trinajstić information content (AvgIpc) is 3.73. The van der Waals surface area contributed by atoms with E-state index in [1.165, 1.54) is 76.2 Å². The summed E-state index contributed by atoms with van der Waals surface area (Å²) in [6.07, 6.45) is 0. The van der Waals surface area contributed by atoms with Crippen molar-refractivity contribution >= 4 is 39.5 Å². The van der Waals surface area contributed by atoms with Crippen molar-refractivity contribution in [3.8, 4) is 33.4 Å². The number of hydrogen-bond donors (Lipinski definition) is 0. The lowest BCUT2D eigenvalue weighted by atomic mass is 9.67. The van der Waals surface area contributed by atoms with Gasteiger partial charge in [0.25, 0.3) is 0 Å². The number of fused-ring (bicyclic) bond motifs is 12. The van der Waals surface area contributed by atoms with Gasteiger partial charge in [-0.1, -0.05) is 176 Å².